The van der Waals surface area contributed by atoms with E-state index in [1.54, 1.807) is 9.80 Å². The lowest BCUT2D eigenvalue weighted by Gasteiger charge is -2.40. The van der Waals surface area contributed by atoms with E-state index >= 15 is 0 Å². The van der Waals surface area contributed by atoms with Gasteiger partial charge in [0, 0.05) is 61.1 Å². The lowest BCUT2D eigenvalue weighted by Crippen LogP contribution is -2.55. The lowest BCUT2D eigenvalue weighted by molar-refractivity contribution is -0.385. The molecule has 10 heteroatoms. The van der Waals surface area contributed by atoms with E-state index in [2.05, 4.69) is 0 Å². The van der Waals surface area contributed by atoms with E-state index in [0.717, 1.165) is 0 Å². The molecule has 1 saturated heterocycles. The van der Waals surface area contributed by atoms with Crippen molar-refractivity contribution in [3.05, 3.63) is 79.9 Å². The molecule has 0 spiro atoms. The maximum atomic E-state index is 12.7. The van der Waals surface area contributed by atoms with Crippen LogP contribution in [0.5, 0.6) is 0 Å². The zero-order valence-corrected chi connectivity index (χ0v) is 15.6. The first kappa shape index (κ1) is 19.9. The molecule has 29 heavy (non-hydrogen) atoms. The Morgan fingerprint density at radius 2 is 1.28 bits per heavy atom. The predicted octanol–water partition coefficient (Wildman–Crippen LogP) is 2.49. The fourth-order valence-corrected chi connectivity index (χ4v) is 3.24. The first-order valence-electron chi connectivity index (χ1n) is 8.87. The molecule has 0 N–H and O–H groups in total. The predicted molar refractivity (Wildman–Crippen MR) is 103 cm³/mol. The van der Waals surface area contributed by atoms with Crippen LogP contribution >= 0.6 is 0 Å². The highest BCUT2D eigenvalue weighted by Crippen LogP contribution is 2.19. The van der Waals surface area contributed by atoms with Gasteiger partial charge >= 0.3 is 0 Å². The van der Waals surface area contributed by atoms with Crippen molar-refractivity contribution in [1.82, 2.24) is 9.80 Å². The highest BCUT2D eigenvalue weighted by molar-refractivity contribution is 5.96. The van der Waals surface area contributed by atoms with E-state index in [-0.39, 0.29) is 29.2 Å². The maximum absolute atomic E-state index is 12.7. The van der Waals surface area contributed by atoms with Crippen LogP contribution in [-0.2, 0) is 0 Å². The van der Waals surface area contributed by atoms with Crippen LogP contribution in [0.15, 0.2) is 48.5 Å². The van der Waals surface area contributed by atoms with Crippen LogP contribution in [0.3, 0.4) is 0 Å². The van der Waals surface area contributed by atoms with Gasteiger partial charge in [0.1, 0.15) is 0 Å². The topological polar surface area (TPSA) is 127 Å². The summed E-state index contributed by atoms with van der Waals surface area (Å²) >= 11 is 0. The molecule has 0 aromatic heterocycles. The number of rotatable bonds is 4. The van der Waals surface area contributed by atoms with Crippen LogP contribution in [0.25, 0.3) is 0 Å². The Hall–Kier alpha value is -3.82. The molecule has 1 heterocycles. The number of carbonyl (C=O) groups excluding carboxylic acids is 2. The molecule has 2 aromatic carbocycles. The smallest absolute Gasteiger partial charge is 0.269 e. The summed E-state index contributed by atoms with van der Waals surface area (Å²) in [6, 6.07) is 10.5. The van der Waals surface area contributed by atoms with Crippen LogP contribution in [0, 0.1) is 20.2 Å². The third kappa shape index (κ3) is 4.21. The molecule has 10 nitrogen and oxygen atoms in total. The second kappa shape index (κ2) is 8.05. The molecule has 0 radical (unpaired) electrons. The standard InChI is InChI=1S/C19H18N4O6/c1-13-12-20(18(24)14-2-6-16(7-3-14)22(26)27)10-11-21(13)19(25)15-4-8-17(9-5-15)23(28)29/h2-9,13H,10-12H2,1H3. The van der Waals surface area contributed by atoms with Gasteiger partial charge in [0.05, 0.1) is 9.85 Å². The first-order chi connectivity index (χ1) is 13.8. The van der Waals surface area contributed by atoms with Crippen molar-refractivity contribution in [2.45, 2.75) is 13.0 Å². The number of nitro groups is 2. The Bertz CT molecular complexity index is 958. The summed E-state index contributed by atoms with van der Waals surface area (Å²) in [7, 11) is 0. The number of non-ortho nitro benzene ring substituents is 2. The van der Waals surface area contributed by atoms with Crippen molar-refractivity contribution in [3.8, 4) is 0 Å². The number of amides is 2. The van der Waals surface area contributed by atoms with Gasteiger partial charge in [-0.15, -0.1) is 0 Å². The normalized spacial score (nSPS) is 16.4. The maximum Gasteiger partial charge on any atom is 0.269 e. The van der Waals surface area contributed by atoms with Crippen molar-refractivity contribution >= 4 is 23.2 Å². The van der Waals surface area contributed by atoms with Crippen molar-refractivity contribution in [3.63, 3.8) is 0 Å². The van der Waals surface area contributed by atoms with E-state index in [9.17, 15) is 29.8 Å². The Kier molecular flexibility index (Phi) is 5.53. The molecular formula is C19H18N4O6. The summed E-state index contributed by atoms with van der Waals surface area (Å²) in [6.45, 7) is 2.77. The highest BCUT2D eigenvalue weighted by atomic mass is 16.6. The molecule has 3 rings (SSSR count). The van der Waals surface area contributed by atoms with Crippen molar-refractivity contribution < 1.29 is 19.4 Å². The van der Waals surface area contributed by atoms with Gasteiger partial charge in [0.15, 0.2) is 0 Å². The van der Waals surface area contributed by atoms with Gasteiger partial charge in [0.2, 0.25) is 0 Å². The van der Waals surface area contributed by atoms with Gasteiger partial charge < -0.3 is 9.80 Å². The van der Waals surface area contributed by atoms with E-state index in [0.29, 0.717) is 30.8 Å². The van der Waals surface area contributed by atoms with Crippen LogP contribution in [0.2, 0.25) is 0 Å². The van der Waals surface area contributed by atoms with E-state index in [1.165, 1.54) is 48.5 Å². The number of hydrogen-bond acceptors (Lipinski definition) is 6. The molecule has 150 valence electrons. The molecule has 1 fully saturated rings. The van der Waals surface area contributed by atoms with Crippen LogP contribution < -0.4 is 0 Å². The minimum atomic E-state index is -0.529. The first-order valence-corrected chi connectivity index (χ1v) is 8.87. The lowest BCUT2D eigenvalue weighted by atomic mass is 10.1. The zero-order valence-electron chi connectivity index (χ0n) is 15.6. The summed E-state index contributed by atoms with van der Waals surface area (Å²) in [6.07, 6.45) is 0. The molecule has 2 aromatic rings. The number of hydrogen-bond donors (Lipinski definition) is 0. The molecule has 2 amide bonds. The summed E-state index contributed by atoms with van der Waals surface area (Å²) in [5.41, 5.74) is 0.511. The van der Waals surface area contributed by atoms with E-state index in [4.69, 9.17) is 0 Å². The largest absolute Gasteiger partial charge is 0.335 e. The average Bonchev–Trinajstić information content (AvgIpc) is 2.72. The molecular weight excluding hydrogens is 380 g/mol. The number of carbonyl (C=O) groups is 2. The van der Waals surface area contributed by atoms with Crippen LogP contribution in [0.1, 0.15) is 27.6 Å². The van der Waals surface area contributed by atoms with Crippen LogP contribution in [0.4, 0.5) is 11.4 Å². The molecule has 1 atom stereocenters. The Morgan fingerprint density at radius 1 is 0.828 bits per heavy atom. The molecule has 1 aliphatic rings. The molecule has 0 bridgehead atoms. The van der Waals surface area contributed by atoms with Gasteiger partial charge in [-0.25, -0.2) is 0 Å². The summed E-state index contributed by atoms with van der Waals surface area (Å²) in [4.78, 5) is 49.0. The van der Waals surface area contributed by atoms with Gasteiger partial charge in [0.25, 0.3) is 23.2 Å². The van der Waals surface area contributed by atoms with E-state index in [1.807, 2.05) is 6.92 Å². The summed E-state index contributed by atoms with van der Waals surface area (Å²) < 4.78 is 0. The molecule has 1 unspecified atom stereocenters. The minimum Gasteiger partial charge on any atom is -0.335 e. The van der Waals surface area contributed by atoms with E-state index < -0.39 is 9.85 Å². The van der Waals surface area contributed by atoms with Gasteiger partial charge in [-0.1, -0.05) is 0 Å². The Balaban J connectivity index is 1.66. The third-order valence-electron chi connectivity index (χ3n) is 4.83. The molecule has 0 saturated carbocycles. The van der Waals surface area contributed by atoms with Crippen molar-refractivity contribution in [2.75, 3.05) is 19.6 Å². The minimum absolute atomic E-state index is 0.0894. The van der Waals surface area contributed by atoms with Crippen molar-refractivity contribution in [1.29, 1.82) is 0 Å². The Labute approximate surface area is 165 Å². The number of nitro benzene ring substituents is 2. The number of piperazine rings is 1. The fraction of sp³-hybridized carbons (Fsp3) is 0.263. The van der Waals surface area contributed by atoms with Gasteiger partial charge in [-0.2, -0.15) is 0 Å². The Morgan fingerprint density at radius 3 is 1.69 bits per heavy atom. The van der Waals surface area contributed by atoms with Gasteiger partial charge in [-0.3, -0.25) is 29.8 Å². The second-order valence-electron chi connectivity index (χ2n) is 6.71. The SMILES string of the molecule is CC1CN(C(=O)c2ccc([N+](=O)[O-])cc2)CCN1C(=O)c1ccc([N+](=O)[O-])cc1. The zero-order chi connectivity index (χ0) is 21.1. The fourth-order valence-electron chi connectivity index (χ4n) is 3.24. The number of benzene rings is 2. The molecule has 1 aliphatic heterocycles. The third-order valence-corrected chi connectivity index (χ3v) is 4.83. The van der Waals surface area contributed by atoms with Gasteiger partial charge in [-0.05, 0) is 31.2 Å². The quantitative estimate of drug-likeness (QED) is 0.575. The van der Waals surface area contributed by atoms with Crippen molar-refractivity contribution in [2.24, 2.45) is 0 Å². The highest BCUT2D eigenvalue weighted by Gasteiger charge is 2.31. The average molecular weight is 398 g/mol. The second-order valence-corrected chi connectivity index (χ2v) is 6.71. The summed E-state index contributed by atoms with van der Waals surface area (Å²) in [5, 5.41) is 21.5. The van der Waals surface area contributed by atoms with Crippen LogP contribution in [-0.4, -0.2) is 57.1 Å². The number of nitrogens with zero attached hydrogens (tertiary/aromatic N) is 4. The summed E-state index contributed by atoms with van der Waals surface area (Å²) in [5.74, 6) is -0.510. The molecule has 0 aliphatic carbocycles. The monoisotopic (exact) mass is 398 g/mol.